The van der Waals surface area contributed by atoms with E-state index in [1.807, 2.05) is 26.0 Å². The van der Waals surface area contributed by atoms with E-state index in [4.69, 9.17) is 13.9 Å². The SMILES string of the molecule is Cc1cc(OC(C)C(=O)N2CCCOCC2)c2c(C)c(C)c(=O)oc2c1. The molecule has 26 heavy (non-hydrogen) atoms. The molecule has 1 fully saturated rings. The molecule has 1 aliphatic rings. The highest BCUT2D eigenvalue weighted by Gasteiger charge is 2.24. The number of ether oxygens (including phenoxy) is 2. The van der Waals surface area contributed by atoms with Gasteiger partial charge < -0.3 is 18.8 Å². The number of carbonyl (C=O) groups excluding carboxylic acids is 1. The highest BCUT2D eigenvalue weighted by molar-refractivity contribution is 5.89. The number of rotatable bonds is 3. The van der Waals surface area contributed by atoms with Crippen LogP contribution in [0.2, 0.25) is 0 Å². The second-order valence-corrected chi connectivity index (χ2v) is 6.83. The molecule has 1 aromatic carbocycles. The molecule has 0 saturated carbocycles. The summed E-state index contributed by atoms with van der Waals surface area (Å²) in [5, 5.41) is 0.742. The van der Waals surface area contributed by atoms with Crippen molar-refractivity contribution in [1.82, 2.24) is 4.90 Å². The zero-order valence-corrected chi connectivity index (χ0v) is 15.8. The predicted octanol–water partition coefficient (Wildman–Crippen LogP) is 2.73. The molecule has 0 aliphatic carbocycles. The molecule has 1 aliphatic heterocycles. The van der Waals surface area contributed by atoms with Crippen LogP contribution in [0.15, 0.2) is 21.3 Å². The van der Waals surface area contributed by atoms with Crippen molar-refractivity contribution in [1.29, 1.82) is 0 Å². The fourth-order valence-corrected chi connectivity index (χ4v) is 3.25. The molecule has 1 atom stereocenters. The maximum atomic E-state index is 12.8. The van der Waals surface area contributed by atoms with Crippen LogP contribution < -0.4 is 10.4 Å². The van der Waals surface area contributed by atoms with Crippen molar-refractivity contribution in [3.05, 3.63) is 39.2 Å². The predicted molar refractivity (Wildman–Crippen MR) is 98.8 cm³/mol. The van der Waals surface area contributed by atoms with E-state index in [1.54, 1.807) is 18.7 Å². The number of hydrogen-bond donors (Lipinski definition) is 0. The first-order valence-corrected chi connectivity index (χ1v) is 8.96. The van der Waals surface area contributed by atoms with Gasteiger partial charge in [-0.05, 0) is 57.4 Å². The number of nitrogens with zero attached hydrogens (tertiary/aromatic N) is 1. The lowest BCUT2D eigenvalue weighted by Gasteiger charge is -2.24. The maximum absolute atomic E-state index is 12.8. The van der Waals surface area contributed by atoms with E-state index < -0.39 is 6.10 Å². The molecule has 1 aromatic heterocycles. The number of benzene rings is 1. The summed E-state index contributed by atoms with van der Waals surface area (Å²) in [5.74, 6) is 0.508. The van der Waals surface area contributed by atoms with Crippen molar-refractivity contribution in [2.45, 2.75) is 40.2 Å². The molecule has 0 radical (unpaired) electrons. The van der Waals surface area contributed by atoms with Crippen LogP contribution in [0.3, 0.4) is 0 Å². The van der Waals surface area contributed by atoms with Crippen LogP contribution in [-0.4, -0.2) is 43.2 Å². The number of amides is 1. The Morgan fingerprint density at radius 3 is 2.69 bits per heavy atom. The first kappa shape index (κ1) is 18.5. The number of aryl methyl sites for hydroxylation is 2. The van der Waals surface area contributed by atoms with Gasteiger partial charge in [0.1, 0.15) is 11.3 Å². The van der Waals surface area contributed by atoms with Crippen LogP contribution in [0, 0.1) is 20.8 Å². The molecule has 1 amide bonds. The van der Waals surface area contributed by atoms with Crippen molar-refractivity contribution in [2.24, 2.45) is 0 Å². The van der Waals surface area contributed by atoms with Crippen LogP contribution in [0.25, 0.3) is 11.0 Å². The largest absolute Gasteiger partial charge is 0.480 e. The van der Waals surface area contributed by atoms with Crippen molar-refractivity contribution in [2.75, 3.05) is 26.3 Å². The molecule has 6 nitrogen and oxygen atoms in total. The third kappa shape index (κ3) is 3.60. The van der Waals surface area contributed by atoms with Crippen LogP contribution in [0.1, 0.15) is 30.0 Å². The molecule has 3 rings (SSSR count). The minimum absolute atomic E-state index is 0.0584. The van der Waals surface area contributed by atoms with Gasteiger partial charge >= 0.3 is 5.63 Å². The van der Waals surface area contributed by atoms with Crippen LogP contribution in [-0.2, 0) is 9.53 Å². The molecule has 140 valence electrons. The molecule has 2 aromatic rings. The quantitative estimate of drug-likeness (QED) is 0.788. The lowest BCUT2D eigenvalue weighted by Crippen LogP contribution is -2.41. The Balaban J connectivity index is 1.93. The standard InChI is InChI=1S/C20H25NO5/c1-12-10-16(18-13(2)14(3)20(23)26-17(18)11-12)25-15(4)19(22)21-6-5-8-24-9-7-21/h10-11,15H,5-9H2,1-4H3. The minimum Gasteiger partial charge on any atom is -0.480 e. The van der Waals surface area contributed by atoms with E-state index in [0.29, 0.717) is 43.2 Å². The van der Waals surface area contributed by atoms with Gasteiger partial charge in [-0.25, -0.2) is 4.79 Å². The van der Waals surface area contributed by atoms with E-state index in [2.05, 4.69) is 0 Å². The van der Waals surface area contributed by atoms with Crippen molar-refractivity contribution >= 4 is 16.9 Å². The van der Waals surface area contributed by atoms with E-state index in [0.717, 1.165) is 22.9 Å². The third-order valence-corrected chi connectivity index (χ3v) is 4.84. The van der Waals surface area contributed by atoms with Gasteiger partial charge in [-0.2, -0.15) is 0 Å². The van der Waals surface area contributed by atoms with Gasteiger partial charge in [0.25, 0.3) is 5.91 Å². The second kappa shape index (κ2) is 7.50. The Morgan fingerprint density at radius 2 is 1.92 bits per heavy atom. The summed E-state index contributed by atoms with van der Waals surface area (Å²) in [5.41, 5.74) is 2.40. The summed E-state index contributed by atoms with van der Waals surface area (Å²) in [6.07, 6.45) is 0.194. The van der Waals surface area contributed by atoms with Crippen LogP contribution in [0.5, 0.6) is 5.75 Å². The smallest absolute Gasteiger partial charge is 0.339 e. The zero-order chi connectivity index (χ0) is 18.8. The fraction of sp³-hybridized carbons (Fsp3) is 0.500. The van der Waals surface area contributed by atoms with Crippen LogP contribution >= 0.6 is 0 Å². The van der Waals surface area contributed by atoms with E-state index in [1.165, 1.54) is 0 Å². The summed E-state index contributed by atoms with van der Waals surface area (Å²) < 4.78 is 16.9. The summed E-state index contributed by atoms with van der Waals surface area (Å²) in [6.45, 7) is 9.74. The number of hydrogen-bond acceptors (Lipinski definition) is 5. The van der Waals surface area contributed by atoms with Crippen molar-refractivity contribution in [3.8, 4) is 5.75 Å². The number of fused-ring (bicyclic) bond motifs is 1. The monoisotopic (exact) mass is 359 g/mol. The molecule has 2 heterocycles. The lowest BCUT2D eigenvalue weighted by molar-refractivity contribution is -0.137. The minimum atomic E-state index is -0.635. The molecular formula is C20H25NO5. The summed E-state index contributed by atoms with van der Waals surface area (Å²) in [7, 11) is 0. The van der Waals surface area contributed by atoms with Crippen molar-refractivity contribution in [3.63, 3.8) is 0 Å². The van der Waals surface area contributed by atoms with Gasteiger partial charge in [0.2, 0.25) is 0 Å². The molecule has 0 spiro atoms. The first-order valence-electron chi connectivity index (χ1n) is 8.96. The summed E-state index contributed by atoms with van der Waals surface area (Å²) in [4.78, 5) is 26.5. The average molecular weight is 359 g/mol. The average Bonchev–Trinajstić information content (AvgIpc) is 2.87. The number of carbonyl (C=O) groups is 1. The van der Waals surface area contributed by atoms with Crippen molar-refractivity contribution < 1.29 is 18.7 Å². The topological polar surface area (TPSA) is 69.0 Å². The van der Waals surface area contributed by atoms with Gasteiger partial charge in [0.05, 0.1) is 12.0 Å². The Hall–Kier alpha value is -2.34. The molecule has 1 unspecified atom stereocenters. The Bertz CT molecular complexity index is 878. The van der Waals surface area contributed by atoms with E-state index >= 15 is 0 Å². The lowest BCUT2D eigenvalue weighted by atomic mass is 10.0. The molecule has 6 heteroatoms. The van der Waals surface area contributed by atoms with Gasteiger partial charge in [-0.15, -0.1) is 0 Å². The Kier molecular flexibility index (Phi) is 5.32. The van der Waals surface area contributed by atoms with E-state index in [-0.39, 0.29) is 11.5 Å². The zero-order valence-electron chi connectivity index (χ0n) is 15.8. The van der Waals surface area contributed by atoms with Gasteiger partial charge in [0.15, 0.2) is 6.10 Å². The molecular weight excluding hydrogens is 334 g/mol. The summed E-state index contributed by atoms with van der Waals surface area (Å²) in [6, 6.07) is 3.69. The third-order valence-electron chi connectivity index (χ3n) is 4.84. The highest BCUT2D eigenvalue weighted by atomic mass is 16.5. The fourth-order valence-electron chi connectivity index (χ4n) is 3.25. The highest BCUT2D eigenvalue weighted by Crippen LogP contribution is 2.31. The molecule has 0 N–H and O–H groups in total. The molecule has 0 bridgehead atoms. The van der Waals surface area contributed by atoms with Crippen LogP contribution in [0.4, 0.5) is 0 Å². The van der Waals surface area contributed by atoms with Gasteiger partial charge in [0, 0.05) is 25.3 Å². The molecule has 1 saturated heterocycles. The summed E-state index contributed by atoms with van der Waals surface area (Å²) >= 11 is 0. The normalized spacial score (nSPS) is 16.4. The Morgan fingerprint density at radius 1 is 1.15 bits per heavy atom. The maximum Gasteiger partial charge on any atom is 0.339 e. The van der Waals surface area contributed by atoms with Gasteiger partial charge in [-0.3, -0.25) is 4.79 Å². The second-order valence-electron chi connectivity index (χ2n) is 6.83. The Labute approximate surface area is 152 Å². The van der Waals surface area contributed by atoms with Gasteiger partial charge in [-0.1, -0.05) is 0 Å². The first-order chi connectivity index (χ1) is 12.4. The van der Waals surface area contributed by atoms with E-state index in [9.17, 15) is 9.59 Å².